The number of rotatable bonds is 17. The van der Waals surface area contributed by atoms with Crippen LogP contribution in [0.2, 0.25) is 19.1 Å². The van der Waals surface area contributed by atoms with Gasteiger partial charge in [0.2, 0.25) is 8.32 Å². The van der Waals surface area contributed by atoms with E-state index in [-0.39, 0.29) is 0 Å². The molecule has 0 amide bonds. The maximum Gasteiger partial charge on any atom is 0.231 e. The van der Waals surface area contributed by atoms with E-state index in [2.05, 4.69) is 6.92 Å². The molecule has 0 aromatic heterocycles. The third kappa shape index (κ3) is 20.2. The Bertz CT molecular complexity index is 210. The zero-order valence-corrected chi connectivity index (χ0v) is 16.9. The number of hydrogen-bond donors (Lipinski definition) is 0. The molecule has 2 heteroatoms. The Kier molecular flexibility index (Phi) is 16.2. The van der Waals surface area contributed by atoms with Crippen molar-refractivity contribution in [2.75, 3.05) is 0 Å². The predicted octanol–water partition coefficient (Wildman–Crippen LogP) is 7.88. The Labute approximate surface area is 142 Å². The zero-order valence-electron chi connectivity index (χ0n) is 15.9. The standard InChI is InChI=1S/C20H43OSi/c1-4-5-6-7-8-9-10-11-12-13-14-15-16-17-18-19-20-22(2,3)21/h4-20H2,1-3H3. The summed E-state index contributed by atoms with van der Waals surface area (Å²) < 4.78 is 0. The second kappa shape index (κ2) is 16.0. The molecular formula is C20H43OSi. The fraction of sp³-hybridized carbons (Fsp3) is 1.00. The van der Waals surface area contributed by atoms with Gasteiger partial charge in [0, 0.05) is 0 Å². The minimum absolute atomic E-state index is 0.978. The minimum atomic E-state index is -2.01. The SMILES string of the molecule is CCCCCCCCCCCCCCCCCC[Si](C)(C)[O]. The molecule has 0 spiro atoms. The first-order valence-corrected chi connectivity index (χ1v) is 13.4. The molecule has 133 valence electrons. The van der Waals surface area contributed by atoms with Crippen LogP contribution in [0, 0.1) is 0 Å². The summed E-state index contributed by atoms with van der Waals surface area (Å²) in [5, 5.41) is 0. The Hall–Kier alpha value is 0.177. The minimum Gasteiger partial charge on any atom is -0.298 e. The van der Waals surface area contributed by atoms with E-state index < -0.39 is 8.32 Å². The molecule has 0 bridgehead atoms. The molecule has 0 fully saturated rings. The topological polar surface area (TPSA) is 19.9 Å². The van der Waals surface area contributed by atoms with Gasteiger partial charge in [-0.05, 0) is 19.1 Å². The molecule has 0 heterocycles. The average Bonchev–Trinajstić information content (AvgIpc) is 2.45. The Morgan fingerprint density at radius 3 is 1.05 bits per heavy atom. The van der Waals surface area contributed by atoms with E-state index in [4.69, 9.17) is 0 Å². The predicted molar refractivity (Wildman–Crippen MR) is 103 cm³/mol. The summed E-state index contributed by atoms with van der Waals surface area (Å²) in [6, 6.07) is 0.978. The van der Waals surface area contributed by atoms with Gasteiger partial charge >= 0.3 is 0 Å². The van der Waals surface area contributed by atoms with Crippen LogP contribution in [0.15, 0.2) is 0 Å². The van der Waals surface area contributed by atoms with Crippen LogP contribution >= 0.6 is 0 Å². The van der Waals surface area contributed by atoms with Crippen LogP contribution in [0.3, 0.4) is 0 Å². The molecule has 0 aliphatic carbocycles. The summed E-state index contributed by atoms with van der Waals surface area (Å²) in [7, 11) is -2.01. The van der Waals surface area contributed by atoms with Gasteiger partial charge in [-0.15, -0.1) is 0 Å². The molecule has 0 aliphatic rings. The lowest BCUT2D eigenvalue weighted by Crippen LogP contribution is -2.21. The molecule has 22 heavy (non-hydrogen) atoms. The van der Waals surface area contributed by atoms with Crippen molar-refractivity contribution in [2.24, 2.45) is 0 Å². The van der Waals surface area contributed by atoms with Crippen LogP contribution in [0.1, 0.15) is 110 Å². The van der Waals surface area contributed by atoms with E-state index in [1.54, 1.807) is 0 Å². The van der Waals surface area contributed by atoms with Gasteiger partial charge < -0.3 is 0 Å². The molecule has 0 unspecified atom stereocenters. The van der Waals surface area contributed by atoms with Crippen molar-refractivity contribution in [3.63, 3.8) is 0 Å². The van der Waals surface area contributed by atoms with Gasteiger partial charge in [-0.1, -0.05) is 110 Å². The molecule has 0 N–H and O–H groups in total. The van der Waals surface area contributed by atoms with Crippen LogP contribution in [0.25, 0.3) is 0 Å². The maximum absolute atomic E-state index is 11.6. The zero-order chi connectivity index (χ0) is 16.5. The number of hydrogen-bond acceptors (Lipinski definition) is 0. The fourth-order valence-corrected chi connectivity index (χ4v) is 4.20. The highest BCUT2D eigenvalue weighted by Gasteiger charge is 2.18. The highest BCUT2D eigenvalue weighted by molar-refractivity contribution is 6.69. The van der Waals surface area contributed by atoms with Gasteiger partial charge in [-0.3, -0.25) is 4.80 Å². The highest BCUT2D eigenvalue weighted by atomic mass is 28.4. The van der Waals surface area contributed by atoms with Crippen molar-refractivity contribution in [3.8, 4) is 0 Å². The summed E-state index contributed by atoms with van der Waals surface area (Å²) in [4.78, 5) is 11.6. The maximum atomic E-state index is 11.6. The summed E-state index contributed by atoms with van der Waals surface area (Å²) in [6.45, 7) is 6.17. The third-order valence-corrected chi connectivity index (χ3v) is 6.19. The van der Waals surface area contributed by atoms with Gasteiger partial charge in [0.15, 0.2) is 0 Å². The van der Waals surface area contributed by atoms with Crippen molar-refractivity contribution < 1.29 is 4.80 Å². The first kappa shape index (κ1) is 22.2. The van der Waals surface area contributed by atoms with E-state index in [0.29, 0.717) is 0 Å². The van der Waals surface area contributed by atoms with Crippen LogP contribution in [-0.4, -0.2) is 8.32 Å². The lowest BCUT2D eigenvalue weighted by Gasteiger charge is -2.10. The molecule has 1 nitrogen and oxygen atoms in total. The Balaban J connectivity index is 3.00. The summed E-state index contributed by atoms with van der Waals surface area (Å²) >= 11 is 0. The van der Waals surface area contributed by atoms with Crippen LogP contribution in [0.4, 0.5) is 0 Å². The smallest absolute Gasteiger partial charge is 0.231 e. The van der Waals surface area contributed by atoms with Crippen molar-refractivity contribution in [2.45, 2.75) is 129 Å². The Morgan fingerprint density at radius 1 is 0.500 bits per heavy atom. The van der Waals surface area contributed by atoms with Gasteiger partial charge in [0.05, 0.1) is 0 Å². The molecule has 1 radical (unpaired) electrons. The van der Waals surface area contributed by atoms with Gasteiger partial charge in [-0.25, -0.2) is 0 Å². The average molecular weight is 328 g/mol. The van der Waals surface area contributed by atoms with Crippen LogP contribution in [0.5, 0.6) is 0 Å². The summed E-state index contributed by atoms with van der Waals surface area (Å²) in [6.07, 6.45) is 22.5. The fourth-order valence-electron chi connectivity index (χ4n) is 3.10. The molecular weight excluding hydrogens is 284 g/mol. The van der Waals surface area contributed by atoms with E-state index in [1.807, 2.05) is 13.1 Å². The lowest BCUT2D eigenvalue weighted by atomic mass is 10.0. The molecule has 0 aromatic carbocycles. The molecule has 0 aromatic rings. The second-order valence-corrected chi connectivity index (χ2v) is 11.8. The largest absolute Gasteiger partial charge is 0.298 e. The van der Waals surface area contributed by atoms with Gasteiger partial charge in [-0.2, -0.15) is 0 Å². The summed E-state index contributed by atoms with van der Waals surface area (Å²) in [5.41, 5.74) is 0. The van der Waals surface area contributed by atoms with E-state index in [9.17, 15) is 4.80 Å². The molecule has 0 saturated carbocycles. The molecule has 0 rings (SSSR count). The highest BCUT2D eigenvalue weighted by Crippen LogP contribution is 2.16. The van der Waals surface area contributed by atoms with E-state index >= 15 is 0 Å². The lowest BCUT2D eigenvalue weighted by molar-refractivity contribution is 0.423. The van der Waals surface area contributed by atoms with E-state index in [1.165, 1.54) is 103 Å². The van der Waals surface area contributed by atoms with E-state index in [0.717, 1.165) is 6.04 Å². The van der Waals surface area contributed by atoms with Crippen LogP contribution in [-0.2, 0) is 4.80 Å². The van der Waals surface area contributed by atoms with Crippen molar-refractivity contribution in [1.82, 2.24) is 0 Å². The first-order valence-electron chi connectivity index (χ1n) is 10.3. The first-order chi connectivity index (χ1) is 10.6. The van der Waals surface area contributed by atoms with Crippen molar-refractivity contribution in [3.05, 3.63) is 0 Å². The molecule has 0 atom stereocenters. The summed E-state index contributed by atoms with van der Waals surface area (Å²) in [5.74, 6) is 0. The van der Waals surface area contributed by atoms with Crippen molar-refractivity contribution in [1.29, 1.82) is 0 Å². The normalized spacial score (nSPS) is 12.0. The molecule has 0 saturated heterocycles. The van der Waals surface area contributed by atoms with Gasteiger partial charge in [0.25, 0.3) is 0 Å². The van der Waals surface area contributed by atoms with Crippen molar-refractivity contribution >= 4 is 8.32 Å². The second-order valence-electron chi connectivity index (χ2n) is 7.81. The van der Waals surface area contributed by atoms with Crippen LogP contribution < -0.4 is 0 Å². The monoisotopic (exact) mass is 327 g/mol. The third-order valence-electron chi connectivity index (χ3n) is 4.63. The Morgan fingerprint density at radius 2 is 0.773 bits per heavy atom. The molecule has 0 aliphatic heterocycles. The van der Waals surface area contributed by atoms with Gasteiger partial charge in [0.1, 0.15) is 0 Å². The quantitative estimate of drug-likeness (QED) is 0.191. The number of unbranched alkanes of at least 4 members (excludes halogenated alkanes) is 15.